The summed E-state index contributed by atoms with van der Waals surface area (Å²) in [5.41, 5.74) is 5.38. The van der Waals surface area contributed by atoms with E-state index in [4.69, 9.17) is 18.0 Å². The quantitative estimate of drug-likeness (QED) is 0.663. The fraction of sp³-hybridized carbons (Fsp3) is 0.800. The number of nitrogens with two attached hydrogens (primary N) is 1. The molecule has 14 heavy (non-hydrogen) atoms. The van der Waals surface area contributed by atoms with Gasteiger partial charge < -0.3 is 11.1 Å². The first-order valence-electron chi connectivity index (χ1n) is 5.03. The van der Waals surface area contributed by atoms with E-state index in [2.05, 4.69) is 19.2 Å². The van der Waals surface area contributed by atoms with E-state index < -0.39 is 0 Å². The zero-order chi connectivity index (χ0) is 11.1. The van der Waals surface area contributed by atoms with E-state index in [1.165, 1.54) is 0 Å². The van der Waals surface area contributed by atoms with Gasteiger partial charge in [-0.05, 0) is 12.8 Å². The molecule has 82 valence electrons. The van der Waals surface area contributed by atoms with Gasteiger partial charge in [0.05, 0.1) is 4.99 Å². The Balaban J connectivity index is 3.76. The number of thiocarbonyl (C=S) groups is 1. The third kappa shape index (κ3) is 6.83. The van der Waals surface area contributed by atoms with Gasteiger partial charge in [0.25, 0.3) is 0 Å². The van der Waals surface area contributed by atoms with Crippen LogP contribution in [0.15, 0.2) is 0 Å². The van der Waals surface area contributed by atoms with Crippen molar-refractivity contribution in [2.24, 2.45) is 11.7 Å². The number of carbonyl (C=O) groups excluding carboxylic acids is 1. The molecule has 4 heteroatoms. The van der Waals surface area contributed by atoms with Crippen LogP contribution in [0.1, 0.15) is 40.0 Å². The molecule has 3 nitrogen and oxygen atoms in total. The number of hydrogen-bond donors (Lipinski definition) is 2. The fourth-order valence-electron chi connectivity index (χ4n) is 1.15. The van der Waals surface area contributed by atoms with Crippen LogP contribution < -0.4 is 11.1 Å². The molecule has 2 atom stereocenters. The number of rotatable bonds is 6. The average molecular weight is 216 g/mol. The second-order valence-electron chi connectivity index (χ2n) is 3.86. The molecule has 3 N–H and O–H groups in total. The summed E-state index contributed by atoms with van der Waals surface area (Å²) in [5.74, 6) is 0.523. The van der Waals surface area contributed by atoms with Gasteiger partial charge in [-0.25, -0.2) is 0 Å². The molecule has 0 saturated carbocycles. The van der Waals surface area contributed by atoms with Gasteiger partial charge in [0.15, 0.2) is 0 Å². The molecule has 0 fully saturated rings. The van der Waals surface area contributed by atoms with Crippen LogP contribution in [0.2, 0.25) is 0 Å². The highest BCUT2D eigenvalue weighted by molar-refractivity contribution is 7.80. The molecule has 0 aliphatic heterocycles. The molecule has 2 unspecified atom stereocenters. The van der Waals surface area contributed by atoms with E-state index in [0.717, 1.165) is 6.42 Å². The number of amides is 1. The second kappa shape index (κ2) is 6.76. The zero-order valence-electron chi connectivity index (χ0n) is 9.17. The molecule has 0 aliphatic rings. The van der Waals surface area contributed by atoms with Gasteiger partial charge in [-0.3, -0.25) is 4.79 Å². The van der Waals surface area contributed by atoms with Crippen LogP contribution >= 0.6 is 12.2 Å². The molecule has 0 heterocycles. The topological polar surface area (TPSA) is 55.1 Å². The van der Waals surface area contributed by atoms with Crippen LogP contribution in [0.3, 0.4) is 0 Å². The Labute approximate surface area is 91.4 Å². The SMILES string of the molecule is CCC(C)CC(=O)NC(C)CC(N)=S. The summed E-state index contributed by atoms with van der Waals surface area (Å²) in [6.45, 7) is 6.06. The fourth-order valence-corrected chi connectivity index (χ4v) is 1.40. The number of nitrogens with one attached hydrogen (secondary N) is 1. The Bertz CT molecular complexity index is 206. The zero-order valence-corrected chi connectivity index (χ0v) is 9.99. The maximum absolute atomic E-state index is 11.4. The van der Waals surface area contributed by atoms with Crippen molar-refractivity contribution in [1.82, 2.24) is 5.32 Å². The van der Waals surface area contributed by atoms with Gasteiger partial charge in [-0.15, -0.1) is 0 Å². The normalized spacial score (nSPS) is 14.5. The van der Waals surface area contributed by atoms with Crippen molar-refractivity contribution in [2.45, 2.75) is 46.1 Å². The summed E-state index contributed by atoms with van der Waals surface area (Å²) < 4.78 is 0. The molecular formula is C10H20N2OS. The van der Waals surface area contributed by atoms with Crippen LogP contribution in [0, 0.1) is 5.92 Å². The van der Waals surface area contributed by atoms with Gasteiger partial charge in [0.1, 0.15) is 0 Å². The second-order valence-corrected chi connectivity index (χ2v) is 4.38. The van der Waals surface area contributed by atoms with Crippen molar-refractivity contribution in [3.8, 4) is 0 Å². The molecule has 0 aliphatic carbocycles. The van der Waals surface area contributed by atoms with Crippen molar-refractivity contribution < 1.29 is 4.79 Å². The monoisotopic (exact) mass is 216 g/mol. The molecule has 0 aromatic heterocycles. The first-order chi connectivity index (χ1) is 6.45. The van der Waals surface area contributed by atoms with E-state index >= 15 is 0 Å². The van der Waals surface area contributed by atoms with E-state index in [1.54, 1.807) is 0 Å². The highest BCUT2D eigenvalue weighted by Gasteiger charge is 2.10. The summed E-state index contributed by atoms with van der Waals surface area (Å²) in [6, 6.07) is 0.0454. The lowest BCUT2D eigenvalue weighted by molar-refractivity contribution is -0.122. The van der Waals surface area contributed by atoms with E-state index in [9.17, 15) is 4.79 Å². The Hall–Kier alpha value is -0.640. The summed E-state index contributed by atoms with van der Waals surface area (Å²) in [6.07, 6.45) is 2.18. The average Bonchev–Trinajstić information content (AvgIpc) is 2.01. The van der Waals surface area contributed by atoms with Crippen molar-refractivity contribution in [1.29, 1.82) is 0 Å². The van der Waals surface area contributed by atoms with Gasteiger partial charge in [-0.1, -0.05) is 32.5 Å². The lowest BCUT2D eigenvalue weighted by Crippen LogP contribution is -2.35. The third-order valence-corrected chi connectivity index (χ3v) is 2.31. The summed E-state index contributed by atoms with van der Waals surface area (Å²) in [5, 5.41) is 2.87. The van der Waals surface area contributed by atoms with Crippen LogP contribution in [-0.4, -0.2) is 16.9 Å². The highest BCUT2D eigenvalue weighted by atomic mass is 32.1. The molecule has 0 radical (unpaired) electrons. The smallest absolute Gasteiger partial charge is 0.220 e. The summed E-state index contributed by atoms with van der Waals surface area (Å²) in [4.78, 5) is 11.9. The van der Waals surface area contributed by atoms with Crippen molar-refractivity contribution in [3.05, 3.63) is 0 Å². The summed E-state index contributed by atoms with van der Waals surface area (Å²) in [7, 11) is 0. The third-order valence-electron chi connectivity index (χ3n) is 2.15. The Morgan fingerprint density at radius 1 is 1.43 bits per heavy atom. The number of carbonyl (C=O) groups is 1. The Morgan fingerprint density at radius 2 is 2.00 bits per heavy atom. The molecule has 0 bridgehead atoms. The standard InChI is InChI=1S/C10H20N2OS/c1-4-7(2)5-10(13)12-8(3)6-9(11)14/h7-8H,4-6H2,1-3H3,(H2,11,14)(H,12,13). The Morgan fingerprint density at radius 3 is 2.43 bits per heavy atom. The van der Waals surface area contributed by atoms with Crippen LogP contribution in [0.5, 0.6) is 0 Å². The molecule has 0 aromatic carbocycles. The predicted molar refractivity (Wildman–Crippen MR) is 63.1 cm³/mol. The van der Waals surface area contributed by atoms with Crippen LogP contribution in [0.25, 0.3) is 0 Å². The van der Waals surface area contributed by atoms with Crippen molar-refractivity contribution in [2.75, 3.05) is 0 Å². The first kappa shape index (κ1) is 13.4. The Kier molecular flexibility index (Phi) is 6.45. The lowest BCUT2D eigenvalue weighted by atomic mass is 10.0. The van der Waals surface area contributed by atoms with E-state index in [-0.39, 0.29) is 11.9 Å². The number of hydrogen-bond acceptors (Lipinski definition) is 2. The minimum absolute atomic E-state index is 0.0454. The van der Waals surface area contributed by atoms with Gasteiger partial charge in [-0.2, -0.15) is 0 Å². The largest absolute Gasteiger partial charge is 0.393 e. The minimum atomic E-state index is 0.0454. The summed E-state index contributed by atoms with van der Waals surface area (Å²) >= 11 is 4.76. The van der Waals surface area contributed by atoms with E-state index in [0.29, 0.717) is 23.7 Å². The first-order valence-corrected chi connectivity index (χ1v) is 5.44. The highest BCUT2D eigenvalue weighted by Crippen LogP contribution is 2.06. The lowest BCUT2D eigenvalue weighted by Gasteiger charge is -2.14. The minimum Gasteiger partial charge on any atom is -0.393 e. The maximum Gasteiger partial charge on any atom is 0.220 e. The molecule has 1 amide bonds. The van der Waals surface area contributed by atoms with E-state index in [1.807, 2.05) is 6.92 Å². The van der Waals surface area contributed by atoms with Gasteiger partial charge >= 0.3 is 0 Å². The molecule has 0 aromatic rings. The van der Waals surface area contributed by atoms with Crippen LogP contribution in [-0.2, 0) is 4.79 Å². The van der Waals surface area contributed by atoms with Crippen LogP contribution in [0.4, 0.5) is 0 Å². The molecular weight excluding hydrogens is 196 g/mol. The molecule has 0 rings (SSSR count). The van der Waals surface area contributed by atoms with Crippen molar-refractivity contribution >= 4 is 23.1 Å². The molecule has 0 saturated heterocycles. The maximum atomic E-state index is 11.4. The predicted octanol–water partition coefficient (Wildman–Crippen LogP) is 1.60. The molecule has 0 spiro atoms. The van der Waals surface area contributed by atoms with Gasteiger partial charge in [0, 0.05) is 18.9 Å². The van der Waals surface area contributed by atoms with Gasteiger partial charge in [0.2, 0.25) is 5.91 Å². The van der Waals surface area contributed by atoms with Crippen molar-refractivity contribution in [3.63, 3.8) is 0 Å².